The molecule has 0 N–H and O–H groups in total. The van der Waals surface area contributed by atoms with E-state index in [2.05, 4.69) is 12.2 Å². The lowest BCUT2D eigenvalue weighted by Crippen LogP contribution is -2.28. The Labute approximate surface area is 144 Å². The molecule has 4 heteroatoms. The second-order valence-corrected chi connectivity index (χ2v) is 9.90. The molecular formula is C20H23NO2S. The molecule has 2 saturated carbocycles. The van der Waals surface area contributed by atoms with Crippen LogP contribution in [-0.4, -0.2) is 25.8 Å². The van der Waals surface area contributed by atoms with Crippen LogP contribution in [0.25, 0.3) is 0 Å². The number of benzene rings is 1. The zero-order valence-corrected chi connectivity index (χ0v) is 14.8. The summed E-state index contributed by atoms with van der Waals surface area (Å²) in [5.74, 6) is 3.02. The molecule has 126 valence electrons. The van der Waals surface area contributed by atoms with Crippen LogP contribution in [0, 0.1) is 30.6 Å². The van der Waals surface area contributed by atoms with Crippen molar-refractivity contribution in [2.24, 2.45) is 23.7 Å². The molecule has 0 radical (unpaired) electrons. The molecule has 3 nitrogen and oxygen atoms in total. The molecule has 5 rings (SSSR count). The van der Waals surface area contributed by atoms with Gasteiger partial charge in [0, 0.05) is 13.1 Å². The summed E-state index contributed by atoms with van der Waals surface area (Å²) in [6.45, 7) is 3.06. The van der Waals surface area contributed by atoms with Gasteiger partial charge >= 0.3 is 0 Å². The molecule has 1 saturated heterocycles. The van der Waals surface area contributed by atoms with E-state index in [1.807, 2.05) is 19.1 Å². The van der Waals surface area contributed by atoms with Crippen molar-refractivity contribution in [1.29, 1.82) is 0 Å². The number of rotatable bonds is 2. The monoisotopic (exact) mass is 341 g/mol. The van der Waals surface area contributed by atoms with Crippen LogP contribution in [-0.2, 0) is 10.0 Å². The first kappa shape index (κ1) is 14.9. The van der Waals surface area contributed by atoms with Crippen molar-refractivity contribution in [3.63, 3.8) is 0 Å². The highest BCUT2D eigenvalue weighted by Crippen LogP contribution is 2.56. The van der Waals surface area contributed by atoms with E-state index in [1.165, 1.54) is 30.4 Å². The van der Waals surface area contributed by atoms with Crippen LogP contribution in [0.1, 0.15) is 24.8 Å². The van der Waals surface area contributed by atoms with Gasteiger partial charge in [-0.05, 0) is 73.1 Å². The highest BCUT2D eigenvalue weighted by Gasteiger charge is 2.48. The topological polar surface area (TPSA) is 37.4 Å². The second kappa shape index (κ2) is 5.06. The molecule has 1 aromatic rings. The minimum Gasteiger partial charge on any atom is -0.207 e. The number of hydrogen-bond donors (Lipinski definition) is 0. The number of fused-ring (bicyclic) bond motifs is 6. The highest BCUT2D eigenvalue weighted by atomic mass is 32.2. The third-order valence-corrected chi connectivity index (χ3v) is 8.40. The SMILES string of the molecule is Cc1ccc(S(=O)(=O)N2CC3=C[C@@H]4[C@H]5CC[C@H](C5)[C@@H]4C=C3C2)cc1. The van der Waals surface area contributed by atoms with Crippen molar-refractivity contribution >= 4 is 10.0 Å². The Morgan fingerprint density at radius 2 is 1.46 bits per heavy atom. The molecule has 4 atom stereocenters. The van der Waals surface area contributed by atoms with Gasteiger partial charge in [0.15, 0.2) is 0 Å². The molecular weight excluding hydrogens is 318 g/mol. The Hall–Kier alpha value is -1.39. The lowest BCUT2D eigenvalue weighted by atomic mass is 9.74. The third kappa shape index (κ3) is 2.09. The number of allylic oxidation sites excluding steroid dienone is 2. The van der Waals surface area contributed by atoms with Crippen molar-refractivity contribution < 1.29 is 8.42 Å². The molecule has 4 aliphatic rings. The molecule has 0 spiro atoms. The van der Waals surface area contributed by atoms with Gasteiger partial charge in [-0.3, -0.25) is 0 Å². The van der Waals surface area contributed by atoms with Gasteiger partial charge in [0.25, 0.3) is 0 Å². The largest absolute Gasteiger partial charge is 0.243 e. The summed E-state index contributed by atoms with van der Waals surface area (Å²) >= 11 is 0. The van der Waals surface area contributed by atoms with E-state index >= 15 is 0 Å². The van der Waals surface area contributed by atoms with Crippen molar-refractivity contribution in [3.8, 4) is 0 Å². The van der Waals surface area contributed by atoms with Crippen molar-refractivity contribution in [1.82, 2.24) is 4.31 Å². The summed E-state index contributed by atoms with van der Waals surface area (Å²) in [5.41, 5.74) is 3.61. The fourth-order valence-corrected chi connectivity index (χ4v) is 6.72. The van der Waals surface area contributed by atoms with E-state index in [-0.39, 0.29) is 0 Å². The Balaban J connectivity index is 1.45. The van der Waals surface area contributed by atoms with Gasteiger partial charge in [0.2, 0.25) is 10.0 Å². The molecule has 1 aliphatic heterocycles. The van der Waals surface area contributed by atoms with Gasteiger partial charge in [-0.2, -0.15) is 4.31 Å². The minimum absolute atomic E-state index is 0.410. The number of hydrogen-bond acceptors (Lipinski definition) is 2. The zero-order valence-electron chi connectivity index (χ0n) is 14.0. The van der Waals surface area contributed by atoms with Gasteiger partial charge < -0.3 is 0 Å². The minimum atomic E-state index is -3.40. The number of aryl methyl sites for hydroxylation is 1. The van der Waals surface area contributed by atoms with Gasteiger partial charge in [0.05, 0.1) is 4.90 Å². The second-order valence-electron chi connectivity index (χ2n) is 7.96. The van der Waals surface area contributed by atoms with E-state index in [0.717, 1.165) is 17.4 Å². The summed E-state index contributed by atoms with van der Waals surface area (Å²) in [7, 11) is -3.40. The number of sulfonamides is 1. The molecule has 0 unspecified atom stereocenters. The first-order valence-electron chi connectivity index (χ1n) is 9.01. The lowest BCUT2D eigenvalue weighted by Gasteiger charge is -2.30. The maximum atomic E-state index is 12.9. The summed E-state index contributed by atoms with van der Waals surface area (Å²) in [4.78, 5) is 0.410. The van der Waals surface area contributed by atoms with Crippen LogP contribution in [0.4, 0.5) is 0 Å². The molecule has 3 fully saturated rings. The van der Waals surface area contributed by atoms with Crippen LogP contribution in [0.15, 0.2) is 52.5 Å². The third-order valence-electron chi connectivity index (χ3n) is 6.60. The van der Waals surface area contributed by atoms with Crippen molar-refractivity contribution in [2.75, 3.05) is 13.1 Å². The number of nitrogens with zero attached hydrogens (tertiary/aromatic N) is 1. The zero-order chi connectivity index (χ0) is 16.5. The Bertz CT molecular complexity index is 816. The Morgan fingerprint density at radius 3 is 2.00 bits per heavy atom. The van der Waals surface area contributed by atoms with E-state index < -0.39 is 10.0 Å². The van der Waals surface area contributed by atoms with Crippen molar-refractivity contribution in [3.05, 3.63) is 53.1 Å². The smallest absolute Gasteiger partial charge is 0.207 e. The normalized spacial score (nSPS) is 34.7. The molecule has 3 aliphatic carbocycles. The summed E-state index contributed by atoms with van der Waals surface area (Å²) < 4.78 is 27.5. The van der Waals surface area contributed by atoms with E-state index in [9.17, 15) is 8.42 Å². The predicted octanol–water partition coefficient (Wildman–Crippen LogP) is 3.53. The molecule has 24 heavy (non-hydrogen) atoms. The predicted molar refractivity (Wildman–Crippen MR) is 93.9 cm³/mol. The summed E-state index contributed by atoms with van der Waals surface area (Å²) in [6, 6.07) is 7.20. The fraction of sp³-hybridized carbons (Fsp3) is 0.500. The molecule has 2 bridgehead atoms. The summed E-state index contributed by atoms with van der Waals surface area (Å²) in [5, 5.41) is 0. The van der Waals surface area contributed by atoms with Crippen LogP contribution in [0.3, 0.4) is 0 Å². The first-order chi connectivity index (χ1) is 11.5. The molecule has 1 heterocycles. The Morgan fingerprint density at radius 1 is 0.917 bits per heavy atom. The maximum Gasteiger partial charge on any atom is 0.243 e. The quantitative estimate of drug-likeness (QED) is 0.825. The lowest BCUT2D eigenvalue weighted by molar-refractivity contribution is 0.312. The molecule has 1 aromatic carbocycles. The van der Waals surface area contributed by atoms with Crippen molar-refractivity contribution in [2.45, 2.75) is 31.1 Å². The van der Waals surface area contributed by atoms with Crippen LogP contribution in [0.5, 0.6) is 0 Å². The average molecular weight is 341 g/mol. The van der Waals surface area contributed by atoms with Crippen LogP contribution in [0.2, 0.25) is 0 Å². The van der Waals surface area contributed by atoms with Crippen LogP contribution >= 0.6 is 0 Å². The molecule has 0 aromatic heterocycles. The van der Waals surface area contributed by atoms with E-state index in [4.69, 9.17) is 0 Å². The van der Waals surface area contributed by atoms with E-state index in [0.29, 0.717) is 29.8 Å². The average Bonchev–Trinajstić information content (AvgIpc) is 3.27. The van der Waals surface area contributed by atoms with Gasteiger partial charge in [0.1, 0.15) is 0 Å². The van der Waals surface area contributed by atoms with E-state index in [1.54, 1.807) is 16.4 Å². The fourth-order valence-electron chi connectivity index (χ4n) is 5.33. The van der Waals surface area contributed by atoms with Gasteiger partial charge in [-0.25, -0.2) is 8.42 Å². The summed E-state index contributed by atoms with van der Waals surface area (Å²) in [6.07, 6.45) is 8.96. The van der Waals surface area contributed by atoms with Crippen LogP contribution < -0.4 is 0 Å². The van der Waals surface area contributed by atoms with Gasteiger partial charge in [-0.15, -0.1) is 0 Å². The van der Waals surface area contributed by atoms with Gasteiger partial charge in [-0.1, -0.05) is 29.8 Å². The standard InChI is InChI=1S/C20H23NO2S/c1-13-2-6-18(7-3-13)24(22,23)21-11-16-9-19-14-4-5-15(8-14)20(19)10-17(16)12-21/h2-3,6-7,9-10,14-15,19-20H,4-5,8,11-12H2,1H3/t14-,15+,19+,20-. The highest BCUT2D eigenvalue weighted by molar-refractivity contribution is 7.89. The first-order valence-corrected chi connectivity index (χ1v) is 10.4. The molecule has 0 amide bonds. The Kier molecular flexibility index (Phi) is 3.14. The maximum absolute atomic E-state index is 12.9.